The number of benzene rings is 2. The second-order valence-electron chi connectivity index (χ2n) is 8.56. The predicted octanol–water partition coefficient (Wildman–Crippen LogP) is 2.60. The second kappa shape index (κ2) is 10.1. The topological polar surface area (TPSA) is 87.2 Å². The lowest BCUT2D eigenvalue weighted by Crippen LogP contribution is -2.47. The van der Waals surface area contributed by atoms with Crippen molar-refractivity contribution in [3.8, 4) is 11.1 Å². The van der Waals surface area contributed by atoms with Gasteiger partial charge < -0.3 is 14.7 Å². The summed E-state index contributed by atoms with van der Waals surface area (Å²) in [6.45, 7) is 4.37. The van der Waals surface area contributed by atoms with E-state index in [2.05, 4.69) is 0 Å². The molecule has 3 atom stereocenters. The fourth-order valence-corrected chi connectivity index (χ4v) is 4.36. The first kappa shape index (κ1) is 24.4. The molecule has 0 radical (unpaired) electrons. The molecule has 1 amide bonds. The number of amides is 1. The molecule has 1 N–H and O–H groups in total. The van der Waals surface area contributed by atoms with Gasteiger partial charge in [0.1, 0.15) is 0 Å². The Balaban J connectivity index is 2.11. The van der Waals surface area contributed by atoms with Crippen LogP contribution in [0.25, 0.3) is 11.1 Å². The van der Waals surface area contributed by atoms with Crippen molar-refractivity contribution in [1.82, 2.24) is 9.21 Å². The van der Waals surface area contributed by atoms with Crippen LogP contribution in [0.3, 0.4) is 0 Å². The van der Waals surface area contributed by atoms with Crippen molar-refractivity contribution in [3.63, 3.8) is 0 Å². The van der Waals surface area contributed by atoms with Crippen LogP contribution in [0.15, 0.2) is 48.5 Å². The van der Waals surface area contributed by atoms with Crippen LogP contribution < -0.4 is 0 Å². The normalized spacial score (nSPS) is 20.9. The highest BCUT2D eigenvalue weighted by molar-refractivity contribution is 7.88. The van der Waals surface area contributed by atoms with Gasteiger partial charge >= 0.3 is 0 Å². The lowest BCUT2D eigenvalue weighted by Gasteiger charge is -2.34. The highest BCUT2D eigenvalue weighted by Gasteiger charge is 2.31. The lowest BCUT2D eigenvalue weighted by molar-refractivity contribution is -0.0145. The van der Waals surface area contributed by atoms with Crippen molar-refractivity contribution in [2.24, 2.45) is 5.92 Å². The molecule has 0 saturated carbocycles. The van der Waals surface area contributed by atoms with Crippen LogP contribution in [0, 0.1) is 5.92 Å². The van der Waals surface area contributed by atoms with Gasteiger partial charge in [0.05, 0.1) is 31.6 Å². The Kier molecular flexibility index (Phi) is 7.71. The Hall–Kier alpha value is -2.26. The van der Waals surface area contributed by atoms with Crippen molar-refractivity contribution in [2.75, 3.05) is 33.0 Å². The van der Waals surface area contributed by atoms with E-state index in [1.54, 1.807) is 11.8 Å². The molecule has 1 aliphatic heterocycles. The average molecular weight is 461 g/mol. The molecule has 0 aromatic heterocycles. The van der Waals surface area contributed by atoms with Crippen molar-refractivity contribution in [2.45, 2.75) is 32.6 Å². The van der Waals surface area contributed by atoms with Crippen molar-refractivity contribution in [1.29, 1.82) is 0 Å². The van der Waals surface area contributed by atoms with Crippen LogP contribution in [-0.4, -0.2) is 73.8 Å². The van der Waals surface area contributed by atoms with Gasteiger partial charge in [-0.15, -0.1) is 0 Å². The molecule has 1 heterocycles. The van der Waals surface area contributed by atoms with E-state index in [9.17, 15) is 18.3 Å². The smallest absolute Gasteiger partial charge is 0.254 e. The molecule has 0 fully saturated rings. The molecule has 32 heavy (non-hydrogen) atoms. The third kappa shape index (κ3) is 5.38. The molecule has 7 nitrogen and oxygen atoms in total. The number of rotatable bonds is 5. The van der Waals surface area contributed by atoms with Crippen molar-refractivity contribution >= 4 is 15.9 Å². The van der Waals surface area contributed by atoms with E-state index in [0.29, 0.717) is 18.7 Å². The summed E-state index contributed by atoms with van der Waals surface area (Å²) in [6.07, 6.45) is 0.726. The summed E-state index contributed by atoms with van der Waals surface area (Å²) in [5.74, 6) is -0.338. The molecular weight excluding hydrogens is 428 g/mol. The minimum atomic E-state index is -3.39. The number of hydrogen-bond donors (Lipinski definition) is 1. The molecule has 8 heteroatoms. The number of aliphatic hydroxyl groups excluding tert-OH is 1. The van der Waals surface area contributed by atoms with Crippen LogP contribution in [0.2, 0.25) is 0 Å². The molecule has 0 bridgehead atoms. The molecule has 2 aromatic carbocycles. The molecule has 0 spiro atoms. The van der Waals surface area contributed by atoms with Gasteiger partial charge in [0, 0.05) is 31.6 Å². The maximum absolute atomic E-state index is 13.7. The first-order valence-electron chi connectivity index (χ1n) is 10.8. The van der Waals surface area contributed by atoms with Crippen LogP contribution in [0.1, 0.15) is 29.8 Å². The summed E-state index contributed by atoms with van der Waals surface area (Å²) < 4.78 is 31.6. The third-order valence-corrected chi connectivity index (χ3v) is 7.38. The summed E-state index contributed by atoms with van der Waals surface area (Å²) in [6, 6.07) is 14.8. The van der Waals surface area contributed by atoms with Crippen molar-refractivity contribution < 1.29 is 23.1 Å². The van der Waals surface area contributed by atoms with Gasteiger partial charge in [-0.25, -0.2) is 12.7 Å². The summed E-state index contributed by atoms with van der Waals surface area (Å²) in [5, 5.41) is 9.85. The zero-order valence-electron chi connectivity index (χ0n) is 19.1. The highest BCUT2D eigenvalue weighted by atomic mass is 32.2. The Morgan fingerprint density at radius 1 is 1.12 bits per heavy atom. The van der Waals surface area contributed by atoms with E-state index in [0.717, 1.165) is 16.7 Å². The first-order valence-corrected chi connectivity index (χ1v) is 12.6. The van der Waals surface area contributed by atoms with Crippen LogP contribution in [0.5, 0.6) is 0 Å². The molecule has 0 saturated heterocycles. The van der Waals surface area contributed by atoms with Gasteiger partial charge in [0.15, 0.2) is 0 Å². The second-order valence-corrected chi connectivity index (χ2v) is 10.7. The minimum Gasteiger partial charge on any atom is -0.394 e. The molecule has 1 aliphatic rings. The number of carbonyl (C=O) groups excluding carboxylic acids is 1. The Bertz CT molecular complexity index is 1060. The molecule has 0 aliphatic carbocycles. The predicted molar refractivity (Wildman–Crippen MR) is 125 cm³/mol. The van der Waals surface area contributed by atoms with Crippen LogP contribution in [0.4, 0.5) is 0 Å². The number of nitrogens with zero attached hydrogens (tertiary/aromatic N) is 2. The Morgan fingerprint density at radius 3 is 2.34 bits per heavy atom. The summed E-state index contributed by atoms with van der Waals surface area (Å²) in [5.41, 5.74) is 3.21. The number of likely N-dealkylation sites (N-methyl/N-ethyl adjacent to an activating group) is 1. The van der Waals surface area contributed by atoms with Gasteiger partial charge in [-0.05, 0) is 29.7 Å². The minimum absolute atomic E-state index is 0.166. The number of aliphatic hydroxyl groups is 1. The standard InChI is InChI=1S/C24H32N2O5S/c1-17-13-26(18(2)15-27)24(28)22-12-8-7-11-21(22)20-10-6-5-9-19(20)16-31-23(17)14-25(3)32(4,29)30/h5-12,17-18,23,27H,13-16H2,1-4H3/t17-,18+,23+/m1/s1. The summed E-state index contributed by atoms with van der Waals surface area (Å²) in [4.78, 5) is 15.3. The number of fused-ring (bicyclic) bond motifs is 3. The maximum Gasteiger partial charge on any atom is 0.254 e. The SMILES string of the molecule is C[C@@H]1CN([C@@H](C)CO)C(=O)c2ccccc2-c2ccccc2CO[C@H]1CN(C)S(C)(=O)=O. The fraction of sp³-hybridized carbons (Fsp3) is 0.458. The third-order valence-electron chi connectivity index (χ3n) is 6.10. The summed E-state index contributed by atoms with van der Waals surface area (Å²) in [7, 11) is -1.86. The van der Waals surface area contributed by atoms with Gasteiger partial charge in [-0.3, -0.25) is 4.79 Å². The molecule has 0 unspecified atom stereocenters. The maximum atomic E-state index is 13.7. The van der Waals surface area contributed by atoms with Gasteiger partial charge in [-0.1, -0.05) is 49.4 Å². The van der Waals surface area contributed by atoms with Crippen molar-refractivity contribution in [3.05, 3.63) is 59.7 Å². The van der Waals surface area contributed by atoms with Gasteiger partial charge in [0.2, 0.25) is 10.0 Å². The zero-order valence-corrected chi connectivity index (χ0v) is 19.9. The molecule has 174 valence electrons. The van der Waals surface area contributed by atoms with Crippen LogP contribution >= 0.6 is 0 Å². The monoisotopic (exact) mass is 460 g/mol. The van der Waals surface area contributed by atoms with Crippen LogP contribution in [-0.2, 0) is 21.4 Å². The first-order chi connectivity index (χ1) is 15.1. The number of ether oxygens (including phenoxy) is 1. The number of hydrogen-bond acceptors (Lipinski definition) is 5. The zero-order chi connectivity index (χ0) is 23.5. The molecule has 2 aromatic rings. The Morgan fingerprint density at radius 2 is 1.72 bits per heavy atom. The molecular formula is C24H32N2O5S. The lowest BCUT2D eigenvalue weighted by atomic mass is 9.94. The van der Waals surface area contributed by atoms with E-state index in [1.165, 1.54) is 17.6 Å². The summed E-state index contributed by atoms with van der Waals surface area (Å²) >= 11 is 0. The Labute approximate surface area is 190 Å². The fourth-order valence-electron chi connectivity index (χ4n) is 3.94. The number of carbonyl (C=O) groups is 1. The van der Waals surface area contributed by atoms with E-state index < -0.39 is 22.2 Å². The van der Waals surface area contributed by atoms with E-state index in [-0.39, 0.29) is 25.0 Å². The quantitative estimate of drug-likeness (QED) is 0.741. The average Bonchev–Trinajstić information content (AvgIpc) is 2.79. The molecule has 3 rings (SSSR count). The number of sulfonamides is 1. The highest BCUT2D eigenvalue weighted by Crippen LogP contribution is 2.31. The van der Waals surface area contributed by atoms with E-state index in [4.69, 9.17) is 4.74 Å². The van der Waals surface area contributed by atoms with E-state index >= 15 is 0 Å². The van der Waals surface area contributed by atoms with Gasteiger partial charge in [-0.2, -0.15) is 0 Å². The largest absolute Gasteiger partial charge is 0.394 e. The van der Waals surface area contributed by atoms with Gasteiger partial charge in [0.25, 0.3) is 5.91 Å². The van der Waals surface area contributed by atoms with E-state index in [1.807, 2.05) is 55.5 Å².